The van der Waals surface area contributed by atoms with Crippen molar-refractivity contribution < 1.29 is 4.74 Å². The van der Waals surface area contributed by atoms with Crippen LogP contribution in [-0.4, -0.2) is 7.11 Å². The molecule has 0 radical (unpaired) electrons. The maximum absolute atomic E-state index is 5.24. The van der Waals surface area contributed by atoms with Crippen LogP contribution >= 0.6 is 0 Å². The third-order valence-electron chi connectivity index (χ3n) is 3.69. The van der Waals surface area contributed by atoms with Crippen LogP contribution in [0.5, 0.6) is 5.75 Å². The van der Waals surface area contributed by atoms with Crippen molar-refractivity contribution in [1.82, 2.24) is 0 Å². The average molecular weight is 280 g/mol. The molecule has 0 aliphatic heterocycles. The van der Waals surface area contributed by atoms with Gasteiger partial charge in [0.1, 0.15) is 5.75 Å². The lowest BCUT2D eigenvalue weighted by Gasteiger charge is -2.02. The van der Waals surface area contributed by atoms with Crippen molar-refractivity contribution in [3.05, 3.63) is 42.0 Å². The van der Waals surface area contributed by atoms with E-state index in [1.54, 1.807) is 7.11 Å². The second-order valence-electron chi connectivity index (χ2n) is 5.39. The Balaban J connectivity index is 1.94. The lowest BCUT2D eigenvalue weighted by Crippen LogP contribution is -1.83. The predicted molar refractivity (Wildman–Crippen MR) is 90.8 cm³/mol. The molecule has 110 valence electrons. The van der Waals surface area contributed by atoms with Gasteiger partial charge in [0.05, 0.1) is 7.11 Å². The molecular weight excluding hydrogens is 256 g/mol. The molecule has 0 bridgehead atoms. The summed E-state index contributed by atoms with van der Waals surface area (Å²) in [5.41, 5.74) is 1.10. The summed E-state index contributed by atoms with van der Waals surface area (Å²) in [5.74, 6) is 7.46. The highest BCUT2D eigenvalue weighted by atomic mass is 16.5. The molecule has 0 fully saturated rings. The van der Waals surface area contributed by atoms with Crippen LogP contribution in [-0.2, 0) is 0 Å². The van der Waals surface area contributed by atoms with Crippen LogP contribution < -0.4 is 4.74 Å². The highest BCUT2D eigenvalue weighted by molar-refractivity contribution is 5.85. The summed E-state index contributed by atoms with van der Waals surface area (Å²) in [6.45, 7) is 2.25. The van der Waals surface area contributed by atoms with Gasteiger partial charge in [-0.15, -0.1) is 0 Å². The van der Waals surface area contributed by atoms with Crippen molar-refractivity contribution in [2.45, 2.75) is 45.4 Å². The van der Waals surface area contributed by atoms with E-state index in [-0.39, 0.29) is 0 Å². The smallest absolute Gasteiger partial charge is 0.119 e. The second kappa shape index (κ2) is 8.37. The Morgan fingerprint density at radius 2 is 1.67 bits per heavy atom. The standard InChI is InChI=1S/C20H24O/c1-3-4-5-6-7-8-9-10-17-11-12-19-16-20(21-2)14-13-18(19)15-17/h11-16H,3-8H2,1-2H3. The molecule has 0 amide bonds. The van der Waals surface area contributed by atoms with Gasteiger partial charge in [-0.3, -0.25) is 0 Å². The summed E-state index contributed by atoms with van der Waals surface area (Å²) in [7, 11) is 1.70. The number of unbranched alkanes of at least 4 members (excludes halogenated alkanes) is 5. The zero-order valence-electron chi connectivity index (χ0n) is 13.1. The van der Waals surface area contributed by atoms with E-state index < -0.39 is 0 Å². The summed E-state index contributed by atoms with van der Waals surface area (Å²) in [6, 6.07) is 12.5. The van der Waals surface area contributed by atoms with Crippen molar-refractivity contribution in [1.29, 1.82) is 0 Å². The number of hydrogen-bond acceptors (Lipinski definition) is 1. The van der Waals surface area contributed by atoms with Crippen LogP contribution in [0.25, 0.3) is 10.8 Å². The summed E-state index contributed by atoms with van der Waals surface area (Å²) >= 11 is 0. The first-order valence-corrected chi connectivity index (χ1v) is 7.90. The van der Waals surface area contributed by atoms with E-state index in [9.17, 15) is 0 Å². The van der Waals surface area contributed by atoms with E-state index in [2.05, 4.69) is 49.1 Å². The van der Waals surface area contributed by atoms with Crippen LogP contribution in [0, 0.1) is 11.8 Å². The van der Waals surface area contributed by atoms with Crippen molar-refractivity contribution >= 4 is 10.8 Å². The fourth-order valence-electron chi connectivity index (χ4n) is 2.41. The van der Waals surface area contributed by atoms with Gasteiger partial charge < -0.3 is 4.74 Å². The van der Waals surface area contributed by atoms with E-state index in [0.29, 0.717) is 0 Å². The molecular formula is C20H24O. The fraction of sp³-hybridized carbons (Fsp3) is 0.400. The molecule has 2 aromatic rings. The predicted octanol–water partition coefficient (Wildman–Crippen LogP) is 5.56. The van der Waals surface area contributed by atoms with E-state index >= 15 is 0 Å². The molecule has 0 heterocycles. The Morgan fingerprint density at radius 1 is 0.905 bits per heavy atom. The number of fused-ring (bicyclic) bond motifs is 1. The highest BCUT2D eigenvalue weighted by Gasteiger charge is 1.97. The van der Waals surface area contributed by atoms with Gasteiger partial charge in [0.2, 0.25) is 0 Å². The molecule has 1 heteroatoms. The number of ether oxygens (including phenoxy) is 1. The number of rotatable bonds is 6. The van der Waals surface area contributed by atoms with E-state index in [4.69, 9.17) is 4.74 Å². The Bertz CT molecular complexity index is 631. The minimum absolute atomic E-state index is 0.897. The van der Waals surface area contributed by atoms with Crippen LogP contribution in [0.15, 0.2) is 36.4 Å². The summed E-state index contributed by atoms with van der Waals surface area (Å²) in [5, 5.41) is 2.41. The lowest BCUT2D eigenvalue weighted by molar-refractivity contribution is 0.415. The van der Waals surface area contributed by atoms with Crippen molar-refractivity contribution in [3.63, 3.8) is 0 Å². The molecule has 1 nitrogen and oxygen atoms in total. The van der Waals surface area contributed by atoms with Gasteiger partial charge in [0.15, 0.2) is 0 Å². The molecule has 0 atom stereocenters. The van der Waals surface area contributed by atoms with Gasteiger partial charge in [0.25, 0.3) is 0 Å². The van der Waals surface area contributed by atoms with Crippen LogP contribution in [0.2, 0.25) is 0 Å². The molecule has 0 N–H and O–H groups in total. The molecule has 0 aromatic heterocycles. The molecule has 2 rings (SSSR count). The number of methoxy groups -OCH3 is 1. The van der Waals surface area contributed by atoms with Gasteiger partial charge in [-0.2, -0.15) is 0 Å². The minimum atomic E-state index is 0.897. The minimum Gasteiger partial charge on any atom is -0.497 e. The number of benzene rings is 2. The maximum Gasteiger partial charge on any atom is 0.119 e. The fourth-order valence-corrected chi connectivity index (χ4v) is 2.41. The number of hydrogen-bond donors (Lipinski definition) is 0. The van der Waals surface area contributed by atoms with Gasteiger partial charge in [0, 0.05) is 12.0 Å². The van der Waals surface area contributed by atoms with Crippen molar-refractivity contribution in [2.24, 2.45) is 0 Å². The van der Waals surface area contributed by atoms with E-state index in [1.165, 1.54) is 42.9 Å². The van der Waals surface area contributed by atoms with Gasteiger partial charge in [-0.25, -0.2) is 0 Å². The van der Waals surface area contributed by atoms with Crippen LogP contribution in [0.3, 0.4) is 0 Å². The monoisotopic (exact) mass is 280 g/mol. The van der Waals surface area contributed by atoms with Gasteiger partial charge in [-0.05, 0) is 41.5 Å². The molecule has 0 saturated carbocycles. The van der Waals surface area contributed by atoms with E-state index in [0.717, 1.165) is 17.7 Å². The zero-order valence-corrected chi connectivity index (χ0v) is 13.1. The van der Waals surface area contributed by atoms with E-state index in [1.807, 2.05) is 6.07 Å². The Labute approximate surface area is 128 Å². The van der Waals surface area contributed by atoms with Gasteiger partial charge >= 0.3 is 0 Å². The molecule has 0 aliphatic carbocycles. The third-order valence-corrected chi connectivity index (χ3v) is 3.69. The largest absolute Gasteiger partial charge is 0.497 e. The summed E-state index contributed by atoms with van der Waals surface area (Å²) < 4.78 is 5.24. The van der Waals surface area contributed by atoms with Crippen LogP contribution in [0.4, 0.5) is 0 Å². The topological polar surface area (TPSA) is 9.23 Å². The molecule has 0 aliphatic rings. The summed E-state index contributed by atoms with van der Waals surface area (Å²) in [4.78, 5) is 0. The summed E-state index contributed by atoms with van der Waals surface area (Å²) in [6.07, 6.45) is 7.52. The second-order valence-corrected chi connectivity index (χ2v) is 5.39. The molecule has 0 spiro atoms. The average Bonchev–Trinajstić information content (AvgIpc) is 2.53. The first-order valence-electron chi connectivity index (χ1n) is 7.90. The molecule has 21 heavy (non-hydrogen) atoms. The quantitative estimate of drug-likeness (QED) is 0.497. The lowest BCUT2D eigenvalue weighted by atomic mass is 10.1. The Hall–Kier alpha value is -1.94. The highest BCUT2D eigenvalue weighted by Crippen LogP contribution is 2.21. The maximum atomic E-state index is 5.24. The Morgan fingerprint density at radius 3 is 2.48 bits per heavy atom. The first-order chi connectivity index (χ1) is 10.3. The normalized spacial score (nSPS) is 10.2. The Kier molecular flexibility index (Phi) is 6.16. The van der Waals surface area contributed by atoms with Gasteiger partial charge in [-0.1, -0.05) is 56.6 Å². The van der Waals surface area contributed by atoms with Crippen molar-refractivity contribution in [2.75, 3.05) is 7.11 Å². The van der Waals surface area contributed by atoms with Crippen LogP contribution in [0.1, 0.15) is 51.0 Å². The molecule has 0 unspecified atom stereocenters. The SMILES string of the molecule is CCCCCCCC#Cc1ccc2cc(OC)ccc2c1. The van der Waals surface area contributed by atoms with Crippen molar-refractivity contribution in [3.8, 4) is 17.6 Å². The molecule has 2 aromatic carbocycles. The zero-order chi connectivity index (χ0) is 14.9. The first kappa shape index (κ1) is 15.4. The molecule has 0 saturated heterocycles. The third kappa shape index (κ3) is 4.83.